The van der Waals surface area contributed by atoms with Gasteiger partial charge in [-0.15, -0.1) is 0 Å². The van der Waals surface area contributed by atoms with Gasteiger partial charge in [0.25, 0.3) is 0 Å². The van der Waals surface area contributed by atoms with Gasteiger partial charge in [0, 0.05) is 6.07 Å². The zero-order valence-electron chi connectivity index (χ0n) is 14.6. The van der Waals surface area contributed by atoms with E-state index in [0.29, 0.717) is 28.9 Å². The van der Waals surface area contributed by atoms with Crippen LogP contribution in [0.3, 0.4) is 0 Å². The molecule has 0 bridgehead atoms. The molecule has 7 nitrogen and oxygen atoms in total. The first-order valence-electron chi connectivity index (χ1n) is 8.14. The summed E-state index contributed by atoms with van der Waals surface area (Å²) < 4.78 is 21.1. The largest absolute Gasteiger partial charge is 0.507 e. The number of rotatable bonds is 5. The van der Waals surface area contributed by atoms with Gasteiger partial charge in [0.05, 0.1) is 30.2 Å². The highest BCUT2D eigenvalue weighted by atomic mass is 16.5. The van der Waals surface area contributed by atoms with E-state index in [4.69, 9.17) is 18.3 Å². The first-order valence-corrected chi connectivity index (χ1v) is 8.14. The zero-order valence-corrected chi connectivity index (χ0v) is 14.6. The van der Waals surface area contributed by atoms with Crippen LogP contribution in [0.5, 0.6) is 11.5 Å². The van der Waals surface area contributed by atoms with Crippen LogP contribution in [0.25, 0.3) is 22.3 Å². The number of aromatic hydroxyl groups is 1. The molecule has 26 heavy (non-hydrogen) atoms. The van der Waals surface area contributed by atoms with Crippen LogP contribution in [0.4, 0.5) is 0 Å². The Bertz CT molecular complexity index is 1030. The molecule has 2 aromatic heterocycles. The van der Waals surface area contributed by atoms with Gasteiger partial charge in [-0.3, -0.25) is 0 Å². The van der Waals surface area contributed by atoms with Gasteiger partial charge in [0.15, 0.2) is 0 Å². The van der Waals surface area contributed by atoms with Gasteiger partial charge in [0.1, 0.15) is 22.8 Å². The molecule has 2 heterocycles. The molecule has 1 aromatic carbocycles. The Labute approximate surface area is 148 Å². The highest BCUT2D eigenvalue weighted by Gasteiger charge is 2.20. The van der Waals surface area contributed by atoms with E-state index in [1.165, 1.54) is 19.2 Å². The first kappa shape index (κ1) is 17.6. The molecule has 136 valence electrons. The average Bonchev–Trinajstić information content (AvgIpc) is 3.11. The predicted molar refractivity (Wildman–Crippen MR) is 93.7 cm³/mol. The molecule has 7 heteroatoms. The third kappa shape index (κ3) is 2.92. The third-order valence-electron chi connectivity index (χ3n) is 3.99. The van der Waals surface area contributed by atoms with Gasteiger partial charge in [-0.25, -0.2) is 9.59 Å². The number of carbonyl (C=O) groups excluding carboxylic acids is 1. The van der Waals surface area contributed by atoms with Crippen molar-refractivity contribution >= 4 is 16.9 Å². The predicted octanol–water partition coefficient (Wildman–Crippen LogP) is 3.51. The molecule has 0 saturated carbocycles. The Kier molecular flexibility index (Phi) is 4.71. The first-order chi connectivity index (χ1) is 12.5. The molecule has 0 radical (unpaired) electrons. The number of methoxy groups -OCH3 is 1. The molecule has 1 N–H and O–H groups in total. The van der Waals surface area contributed by atoms with Crippen molar-refractivity contribution < 1.29 is 28.2 Å². The number of furan rings is 1. The Morgan fingerprint density at radius 2 is 1.96 bits per heavy atom. The highest BCUT2D eigenvalue weighted by molar-refractivity contribution is 5.92. The van der Waals surface area contributed by atoms with Crippen LogP contribution in [0.1, 0.15) is 30.0 Å². The minimum Gasteiger partial charge on any atom is -0.507 e. The number of fused-ring (bicyclic) bond motifs is 1. The summed E-state index contributed by atoms with van der Waals surface area (Å²) in [6.45, 7) is 3.69. The van der Waals surface area contributed by atoms with Crippen LogP contribution in [-0.2, 0) is 11.2 Å². The van der Waals surface area contributed by atoms with E-state index in [1.54, 1.807) is 26.0 Å². The van der Waals surface area contributed by atoms with Gasteiger partial charge >= 0.3 is 11.6 Å². The van der Waals surface area contributed by atoms with Crippen molar-refractivity contribution in [3.63, 3.8) is 0 Å². The zero-order chi connectivity index (χ0) is 18.8. The molecule has 0 aliphatic heterocycles. The molecule has 0 aliphatic rings. The number of ether oxygens (including phenoxy) is 2. The second-order valence-corrected chi connectivity index (χ2v) is 5.50. The summed E-state index contributed by atoms with van der Waals surface area (Å²) in [5.41, 5.74) is 0.305. The van der Waals surface area contributed by atoms with E-state index < -0.39 is 11.6 Å². The Balaban J connectivity index is 2.19. The summed E-state index contributed by atoms with van der Waals surface area (Å²) in [4.78, 5) is 23.7. The van der Waals surface area contributed by atoms with Gasteiger partial charge in [-0.05, 0) is 31.5 Å². The molecule has 0 saturated heterocycles. The fourth-order valence-electron chi connectivity index (χ4n) is 2.72. The lowest BCUT2D eigenvalue weighted by Crippen LogP contribution is -2.06. The van der Waals surface area contributed by atoms with Gasteiger partial charge in [-0.1, -0.05) is 6.92 Å². The maximum absolute atomic E-state index is 11.9. The van der Waals surface area contributed by atoms with Crippen molar-refractivity contribution in [3.8, 4) is 22.8 Å². The van der Waals surface area contributed by atoms with Crippen LogP contribution in [0.2, 0.25) is 0 Å². The summed E-state index contributed by atoms with van der Waals surface area (Å²) in [5, 5.41) is 10.8. The molecule has 0 amide bonds. The standard InChI is InChI=1S/C19H18O7/c1-4-10-17(20)12-8-11(15(23-3)9-16(12)26-18(10)21)13-6-7-14(25-13)19(22)24-5-2/h6-9,20H,4-5H2,1-3H3. The van der Waals surface area contributed by atoms with E-state index in [2.05, 4.69) is 0 Å². The minimum absolute atomic E-state index is 0.0575. The fourth-order valence-corrected chi connectivity index (χ4v) is 2.72. The number of benzene rings is 1. The number of hydrogen-bond donors (Lipinski definition) is 1. The molecule has 0 fully saturated rings. The summed E-state index contributed by atoms with van der Waals surface area (Å²) in [6, 6.07) is 6.20. The van der Waals surface area contributed by atoms with Gasteiger partial charge < -0.3 is 23.4 Å². The number of esters is 1. The summed E-state index contributed by atoms with van der Waals surface area (Å²) >= 11 is 0. The average molecular weight is 358 g/mol. The van der Waals surface area contributed by atoms with Crippen molar-refractivity contribution in [2.75, 3.05) is 13.7 Å². The molecule has 0 spiro atoms. The maximum atomic E-state index is 11.9. The van der Waals surface area contributed by atoms with E-state index in [1.807, 2.05) is 0 Å². The van der Waals surface area contributed by atoms with Gasteiger partial charge in [-0.2, -0.15) is 0 Å². The Morgan fingerprint density at radius 3 is 2.62 bits per heavy atom. The molecular weight excluding hydrogens is 340 g/mol. The van der Waals surface area contributed by atoms with Crippen LogP contribution in [0.15, 0.2) is 37.9 Å². The van der Waals surface area contributed by atoms with E-state index >= 15 is 0 Å². The Morgan fingerprint density at radius 1 is 1.19 bits per heavy atom. The number of carbonyl (C=O) groups is 1. The van der Waals surface area contributed by atoms with Crippen LogP contribution >= 0.6 is 0 Å². The fraction of sp³-hybridized carbons (Fsp3) is 0.263. The molecular formula is C19H18O7. The third-order valence-corrected chi connectivity index (χ3v) is 3.99. The molecule has 3 rings (SSSR count). The smallest absolute Gasteiger partial charge is 0.374 e. The van der Waals surface area contributed by atoms with Crippen molar-refractivity contribution in [2.45, 2.75) is 20.3 Å². The summed E-state index contributed by atoms with van der Waals surface area (Å²) in [6.07, 6.45) is 0.333. The van der Waals surface area contributed by atoms with Crippen LogP contribution in [0, 0.1) is 0 Å². The second kappa shape index (κ2) is 6.95. The quantitative estimate of drug-likeness (QED) is 0.550. The van der Waals surface area contributed by atoms with Crippen LogP contribution in [-0.4, -0.2) is 24.8 Å². The van der Waals surface area contributed by atoms with Gasteiger partial charge in [0.2, 0.25) is 5.76 Å². The highest BCUT2D eigenvalue weighted by Crippen LogP contribution is 2.38. The maximum Gasteiger partial charge on any atom is 0.374 e. The van der Waals surface area contributed by atoms with Crippen molar-refractivity contribution in [1.29, 1.82) is 0 Å². The van der Waals surface area contributed by atoms with Crippen molar-refractivity contribution in [1.82, 2.24) is 0 Å². The monoisotopic (exact) mass is 358 g/mol. The summed E-state index contributed by atoms with van der Waals surface area (Å²) in [7, 11) is 1.46. The minimum atomic E-state index is -0.588. The van der Waals surface area contributed by atoms with E-state index in [-0.39, 0.29) is 29.3 Å². The lowest BCUT2D eigenvalue weighted by atomic mass is 10.0. The molecule has 0 atom stereocenters. The molecule has 3 aromatic rings. The lowest BCUT2D eigenvalue weighted by molar-refractivity contribution is 0.0491. The van der Waals surface area contributed by atoms with E-state index in [0.717, 1.165) is 0 Å². The second-order valence-electron chi connectivity index (χ2n) is 5.50. The molecule has 0 aliphatic carbocycles. The molecule has 0 unspecified atom stereocenters. The Hall–Kier alpha value is -3.22. The topological polar surface area (TPSA) is 99.1 Å². The SMILES string of the molecule is CCOC(=O)c1ccc(-c2cc3c(O)c(CC)c(=O)oc3cc2OC)o1. The van der Waals surface area contributed by atoms with Crippen LogP contribution < -0.4 is 10.4 Å². The lowest BCUT2D eigenvalue weighted by Gasteiger charge is -2.10. The van der Waals surface area contributed by atoms with Crippen molar-refractivity contribution in [2.24, 2.45) is 0 Å². The number of hydrogen-bond acceptors (Lipinski definition) is 7. The summed E-state index contributed by atoms with van der Waals surface area (Å²) in [5.74, 6) is 0.0759. The van der Waals surface area contributed by atoms with E-state index in [9.17, 15) is 14.7 Å². The van der Waals surface area contributed by atoms with Crippen molar-refractivity contribution in [3.05, 3.63) is 46.0 Å². The normalized spacial score (nSPS) is 10.9.